The molecule has 17 heteroatoms. The maximum Gasteiger partial charge on any atom is 0.264 e. The van der Waals surface area contributed by atoms with Crippen molar-refractivity contribution in [3.05, 3.63) is 137 Å². The number of imide groups is 2. The van der Waals surface area contributed by atoms with Gasteiger partial charge < -0.3 is 34.3 Å². The van der Waals surface area contributed by atoms with Crippen molar-refractivity contribution in [1.82, 2.24) is 30.1 Å². The number of aromatic hydroxyl groups is 1. The number of allylic oxidation sites excluding steroid dienone is 1. The molecule has 1 aromatic heterocycles. The minimum Gasteiger partial charge on any atom is -0.508 e. The monoisotopic (exact) mass is 927 g/mol. The van der Waals surface area contributed by atoms with Crippen molar-refractivity contribution < 1.29 is 48.0 Å². The summed E-state index contributed by atoms with van der Waals surface area (Å²) in [5.41, 5.74) is 7.07. The Hall–Kier alpha value is -7.21. The van der Waals surface area contributed by atoms with Gasteiger partial charge in [-0.25, -0.2) is 4.68 Å². The second kappa shape index (κ2) is 24.0. The largest absolute Gasteiger partial charge is 0.508 e. The Kier molecular flexibility index (Phi) is 17.2. The maximum absolute atomic E-state index is 13.2. The Labute approximate surface area is 395 Å². The lowest BCUT2D eigenvalue weighted by Gasteiger charge is -2.27. The van der Waals surface area contributed by atoms with Crippen LogP contribution in [0.2, 0.25) is 0 Å². The number of amides is 5. The summed E-state index contributed by atoms with van der Waals surface area (Å²) in [6.07, 6.45) is 3.53. The molecule has 17 nitrogen and oxygen atoms in total. The minimum atomic E-state index is -1.03. The first-order chi connectivity index (χ1) is 33.1. The normalized spacial score (nSPS) is 15.0. The van der Waals surface area contributed by atoms with E-state index < -0.39 is 29.7 Å². The Balaban J connectivity index is 0.730. The smallest absolute Gasteiger partial charge is 0.264 e. The first-order valence-electron chi connectivity index (χ1n) is 22.9. The average molecular weight is 928 g/mol. The molecule has 0 bridgehead atoms. The number of hydrogen-bond donors (Lipinski definition) is 3. The van der Waals surface area contributed by atoms with Crippen molar-refractivity contribution in [3.8, 4) is 11.5 Å². The molecule has 5 amide bonds. The summed E-state index contributed by atoms with van der Waals surface area (Å²) in [6.45, 7) is 5.96. The molecular formula is C51H57N7O10. The van der Waals surface area contributed by atoms with Crippen LogP contribution >= 0.6 is 0 Å². The van der Waals surface area contributed by atoms with Crippen molar-refractivity contribution >= 4 is 46.4 Å². The zero-order chi connectivity index (χ0) is 47.8. The van der Waals surface area contributed by atoms with Gasteiger partial charge in [0.05, 0.1) is 69.6 Å². The summed E-state index contributed by atoms with van der Waals surface area (Å²) in [6, 6.07) is 29.4. The van der Waals surface area contributed by atoms with E-state index in [1.165, 1.54) is 5.57 Å². The molecule has 4 aromatic carbocycles. The van der Waals surface area contributed by atoms with Gasteiger partial charge in [-0.2, -0.15) is 0 Å². The average Bonchev–Trinajstić information content (AvgIpc) is 3.91. The van der Waals surface area contributed by atoms with Gasteiger partial charge >= 0.3 is 0 Å². The molecule has 68 heavy (non-hydrogen) atoms. The number of piperidine rings is 1. The molecule has 0 radical (unpaired) electrons. The van der Waals surface area contributed by atoms with Crippen molar-refractivity contribution in [2.45, 2.75) is 51.6 Å². The number of phenols is 1. The van der Waals surface area contributed by atoms with Gasteiger partial charge in [0.2, 0.25) is 17.7 Å². The molecule has 1 fully saturated rings. The van der Waals surface area contributed by atoms with Crippen LogP contribution in [0.5, 0.6) is 11.5 Å². The third-order valence-electron chi connectivity index (χ3n) is 11.6. The van der Waals surface area contributed by atoms with E-state index in [1.807, 2.05) is 60.8 Å². The molecule has 0 spiro atoms. The van der Waals surface area contributed by atoms with E-state index in [2.05, 4.69) is 40.0 Å². The maximum atomic E-state index is 13.2. The molecule has 0 saturated carbocycles. The van der Waals surface area contributed by atoms with E-state index in [9.17, 15) is 29.1 Å². The molecule has 1 unspecified atom stereocenters. The summed E-state index contributed by atoms with van der Waals surface area (Å²) < 4.78 is 24.6. The fourth-order valence-electron chi connectivity index (χ4n) is 8.06. The topological polar surface area (TPSA) is 204 Å². The summed E-state index contributed by atoms with van der Waals surface area (Å²) in [5.74, 6) is -1.30. The Bertz CT molecular complexity index is 2560. The van der Waals surface area contributed by atoms with Crippen molar-refractivity contribution in [3.63, 3.8) is 0 Å². The lowest BCUT2D eigenvalue weighted by molar-refractivity contribution is -0.136. The highest BCUT2D eigenvalue weighted by molar-refractivity contribution is 6.25. The first kappa shape index (κ1) is 48.7. The number of anilines is 1. The molecule has 3 heterocycles. The lowest BCUT2D eigenvalue weighted by Crippen LogP contribution is -2.54. The first-order valence-corrected chi connectivity index (χ1v) is 22.9. The number of nitrogens with one attached hydrogen (secondary N) is 2. The van der Waals surface area contributed by atoms with Crippen molar-refractivity contribution in [2.75, 3.05) is 71.7 Å². The minimum absolute atomic E-state index is 0.0197. The quantitative estimate of drug-likeness (QED) is 0.0383. The van der Waals surface area contributed by atoms with Gasteiger partial charge in [0.15, 0.2) is 0 Å². The van der Waals surface area contributed by atoms with E-state index in [0.717, 1.165) is 33.6 Å². The van der Waals surface area contributed by atoms with E-state index in [0.29, 0.717) is 89.4 Å². The van der Waals surface area contributed by atoms with Gasteiger partial charge in [-0.3, -0.25) is 34.2 Å². The lowest BCUT2D eigenvalue weighted by atomic mass is 9.88. The predicted molar refractivity (Wildman–Crippen MR) is 253 cm³/mol. The molecule has 1 saturated heterocycles. The molecule has 7 rings (SSSR count). The number of ether oxygens (including phenoxy) is 4. The van der Waals surface area contributed by atoms with E-state index in [1.54, 1.807) is 47.0 Å². The van der Waals surface area contributed by atoms with Crippen molar-refractivity contribution in [2.24, 2.45) is 0 Å². The Morgan fingerprint density at radius 2 is 1.50 bits per heavy atom. The fourth-order valence-corrected chi connectivity index (χ4v) is 8.06. The number of carbonyl (C=O) groups is 5. The second-order valence-electron chi connectivity index (χ2n) is 16.2. The third-order valence-corrected chi connectivity index (χ3v) is 11.6. The molecule has 0 aliphatic carbocycles. The number of carbonyl (C=O) groups excluding carboxylic acids is 5. The van der Waals surface area contributed by atoms with Crippen LogP contribution in [0.3, 0.4) is 0 Å². The second-order valence-corrected chi connectivity index (χ2v) is 16.2. The summed E-state index contributed by atoms with van der Waals surface area (Å²) in [5, 5.41) is 23.7. The van der Waals surface area contributed by atoms with Crippen molar-refractivity contribution in [1.29, 1.82) is 0 Å². The molecule has 2 aliphatic rings. The van der Waals surface area contributed by atoms with Crippen LogP contribution < -0.4 is 15.4 Å². The number of aryl methyl sites for hydroxylation is 1. The Morgan fingerprint density at radius 3 is 2.21 bits per heavy atom. The van der Waals surface area contributed by atoms with Crippen LogP contribution in [0.15, 0.2) is 103 Å². The third kappa shape index (κ3) is 12.6. The standard InChI is InChI=1S/C51H57N7O10/c1-3-41(35-8-5-4-6-9-35)47(36-12-17-39(59)18-13-36)37-14-19-40(20-15-37)68-29-25-56(2)46(61)23-16-38-34-57(55-54-38)26-28-66-31-33-67-32-30-65-27-24-52-43-11-7-10-42-48(43)51(64)58(50(42)63)44-21-22-45(60)53-49(44)62/h4-15,17-20,34,44,52,59H,3,16,21-33H2,1-2H3,(H,53,60,62)/b47-41-. The number of aromatic nitrogens is 3. The van der Waals surface area contributed by atoms with Gasteiger partial charge in [0.1, 0.15) is 24.1 Å². The Morgan fingerprint density at radius 1 is 0.809 bits per heavy atom. The zero-order valence-electron chi connectivity index (χ0n) is 38.4. The van der Waals surface area contributed by atoms with E-state index in [-0.39, 0.29) is 42.0 Å². The zero-order valence-corrected chi connectivity index (χ0v) is 38.4. The van der Waals surface area contributed by atoms with Gasteiger partial charge in [-0.05, 0) is 77.1 Å². The molecule has 1 atom stereocenters. The van der Waals surface area contributed by atoms with E-state index in [4.69, 9.17) is 18.9 Å². The van der Waals surface area contributed by atoms with Crippen LogP contribution in [-0.2, 0) is 41.6 Å². The summed E-state index contributed by atoms with van der Waals surface area (Å²) >= 11 is 0. The molecule has 3 N–H and O–H groups in total. The van der Waals surface area contributed by atoms with Gasteiger partial charge in [-0.15, -0.1) is 5.10 Å². The highest BCUT2D eigenvalue weighted by Crippen LogP contribution is 2.36. The summed E-state index contributed by atoms with van der Waals surface area (Å²) in [4.78, 5) is 65.7. The van der Waals surface area contributed by atoms with Crippen LogP contribution in [0.25, 0.3) is 11.1 Å². The number of benzene rings is 4. The molecule has 5 aromatic rings. The number of hydrogen-bond acceptors (Lipinski definition) is 13. The van der Waals surface area contributed by atoms with Crippen LogP contribution in [0.1, 0.15) is 75.7 Å². The van der Waals surface area contributed by atoms with Gasteiger partial charge in [0.25, 0.3) is 11.8 Å². The van der Waals surface area contributed by atoms with Crippen LogP contribution in [-0.4, -0.2) is 132 Å². The highest BCUT2D eigenvalue weighted by Gasteiger charge is 2.45. The number of fused-ring (bicyclic) bond motifs is 1. The molecule has 356 valence electrons. The van der Waals surface area contributed by atoms with Crippen LogP contribution in [0.4, 0.5) is 5.69 Å². The predicted octanol–water partition coefficient (Wildman–Crippen LogP) is 5.39. The number of nitrogens with zero attached hydrogens (tertiary/aromatic N) is 5. The fraction of sp³-hybridized carbons (Fsp3) is 0.353. The number of likely N-dealkylation sites (N-methyl/N-ethyl adjacent to an activating group) is 1. The van der Waals surface area contributed by atoms with E-state index >= 15 is 0 Å². The SMILES string of the molecule is CC/C(=C(\c1ccc(O)cc1)c1ccc(OCCN(C)C(=O)CCc2cn(CCOCCOCCOCCNc3cccc4c3C(=O)N(C3CCC(=O)NC3=O)C4=O)nn2)cc1)c1ccccc1. The number of phenolic OH excluding ortho intramolecular Hbond substituents is 1. The summed E-state index contributed by atoms with van der Waals surface area (Å²) in [7, 11) is 1.76. The molecule has 2 aliphatic heterocycles. The van der Waals surface area contributed by atoms with Gasteiger partial charge in [0, 0.05) is 44.7 Å². The van der Waals surface area contributed by atoms with Crippen LogP contribution in [0, 0.1) is 0 Å². The highest BCUT2D eigenvalue weighted by atomic mass is 16.5. The molecular weight excluding hydrogens is 871 g/mol. The van der Waals surface area contributed by atoms with Gasteiger partial charge in [-0.1, -0.05) is 72.8 Å². The number of rotatable bonds is 25.